The highest BCUT2D eigenvalue weighted by Crippen LogP contribution is 2.45. The molecule has 0 bridgehead atoms. The lowest BCUT2D eigenvalue weighted by atomic mass is 9.88. The highest BCUT2D eigenvalue weighted by molar-refractivity contribution is 6.15. The fourth-order valence-electron chi connectivity index (χ4n) is 12.9. The fraction of sp³-hybridized carbons (Fsp3) is 0.0588. The summed E-state index contributed by atoms with van der Waals surface area (Å²) in [6.07, 6.45) is 11.0. The average molecular weight is 934 g/mol. The molecule has 0 N–H and O–H groups in total. The van der Waals surface area contributed by atoms with E-state index in [-0.39, 0.29) is 12.0 Å². The molecule has 14 aromatic rings. The lowest BCUT2D eigenvalue weighted by Gasteiger charge is -2.20. The predicted octanol–water partition coefficient (Wildman–Crippen LogP) is 17.3. The van der Waals surface area contributed by atoms with Gasteiger partial charge in [-0.25, -0.2) is 0 Å². The van der Waals surface area contributed by atoms with Crippen LogP contribution in [0.1, 0.15) is 22.6 Å². The number of hydrogen-bond donors (Lipinski definition) is 0. The number of para-hydroxylation sites is 3. The van der Waals surface area contributed by atoms with Crippen molar-refractivity contribution in [3.63, 3.8) is 0 Å². The van der Waals surface area contributed by atoms with Crippen LogP contribution in [0.2, 0.25) is 0 Å². The van der Waals surface area contributed by atoms with E-state index in [0.29, 0.717) is 0 Å². The van der Waals surface area contributed by atoms with E-state index in [2.05, 4.69) is 226 Å². The largest absolute Gasteiger partial charge is 0.485 e. The Kier molecular flexibility index (Phi) is 7.90. The van der Waals surface area contributed by atoms with E-state index < -0.39 is 0 Å². The van der Waals surface area contributed by atoms with Gasteiger partial charge in [-0.3, -0.25) is 0 Å². The van der Waals surface area contributed by atoms with Crippen LogP contribution in [0, 0.1) is 0 Å². The van der Waals surface area contributed by atoms with Crippen molar-refractivity contribution in [1.82, 2.24) is 13.7 Å². The van der Waals surface area contributed by atoms with E-state index >= 15 is 0 Å². The SMILES string of the molecule is C1=CC2Oc3ccc(-n4c5ccccc5c5cc(-c6ccc7c(c6)c6cc(-c8ccc9c(c8)c8ccccc8n9-c8ccc9oc%10ccccc%10c9c8)ccc6n7-c6ccc7c(c6)CC7)ccc54)cc3C2C=C1. The Morgan fingerprint density at radius 3 is 1.42 bits per heavy atom. The van der Waals surface area contributed by atoms with Crippen LogP contribution in [0.3, 0.4) is 0 Å². The Balaban J connectivity index is 0.818. The molecule has 0 amide bonds. The quantitative estimate of drug-likeness (QED) is 0.172. The Labute approximate surface area is 419 Å². The Morgan fingerprint density at radius 2 is 0.822 bits per heavy atom. The number of aryl methyl sites for hydroxylation is 2. The van der Waals surface area contributed by atoms with Crippen molar-refractivity contribution >= 4 is 87.4 Å². The number of nitrogens with zero attached hydrogens (tertiary/aromatic N) is 3. The maximum atomic E-state index is 6.36. The molecular formula is C68H43N3O2. The molecule has 5 heteroatoms. The third-order valence-corrected chi connectivity index (χ3v) is 16.5. The molecule has 0 saturated heterocycles. The molecular weight excluding hydrogens is 891 g/mol. The number of allylic oxidation sites excluding steroid dienone is 2. The van der Waals surface area contributed by atoms with E-state index in [0.717, 1.165) is 51.9 Å². The molecule has 342 valence electrons. The van der Waals surface area contributed by atoms with E-state index in [1.54, 1.807) is 0 Å². The first-order valence-corrected chi connectivity index (χ1v) is 25.5. The molecule has 3 aliphatic rings. The lowest BCUT2D eigenvalue weighted by molar-refractivity contribution is 0.269. The number of hydrogen-bond acceptors (Lipinski definition) is 2. The van der Waals surface area contributed by atoms with Gasteiger partial charge in [-0.1, -0.05) is 103 Å². The minimum absolute atomic E-state index is 0.0548. The first-order chi connectivity index (χ1) is 36.1. The van der Waals surface area contributed by atoms with Crippen LogP contribution >= 0.6 is 0 Å². The van der Waals surface area contributed by atoms with Crippen molar-refractivity contribution in [1.29, 1.82) is 0 Å². The fourth-order valence-corrected chi connectivity index (χ4v) is 12.9. The third-order valence-electron chi connectivity index (χ3n) is 16.5. The van der Waals surface area contributed by atoms with Crippen LogP contribution < -0.4 is 4.74 Å². The van der Waals surface area contributed by atoms with Crippen LogP contribution in [0.15, 0.2) is 229 Å². The number of ether oxygens (including phenoxy) is 1. The van der Waals surface area contributed by atoms with Crippen LogP contribution in [0.4, 0.5) is 0 Å². The molecule has 0 fully saturated rings. The maximum Gasteiger partial charge on any atom is 0.135 e. The normalized spacial score (nSPS) is 15.8. The molecule has 4 aromatic heterocycles. The van der Waals surface area contributed by atoms with Crippen LogP contribution in [-0.4, -0.2) is 19.8 Å². The van der Waals surface area contributed by atoms with Crippen LogP contribution in [-0.2, 0) is 12.8 Å². The van der Waals surface area contributed by atoms with Gasteiger partial charge in [0, 0.05) is 71.6 Å². The molecule has 2 atom stereocenters. The predicted molar refractivity (Wildman–Crippen MR) is 300 cm³/mol. The van der Waals surface area contributed by atoms with Gasteiger partial charge in [-0.05, 0) is 168 Å². The van der Waals surface area contributed by atoms with Gasteiger partial charge in [0.1, 0.15) is 23.0 Å². The van der Waals surface area contributed by atoms with Gasteiger partial charge in [0.15, 0.2) is 0 Å². The molecule has 2 unspecified atom stereocenters. The zero-order valence-corrected chi connectivity index (χ0v) is 39.6. The van der Waals surface area contributed by atoms with Crippen molar-refractivity contribution in [2.24, 2.45) is 0 Å². The van der Waals surface area contributed by atoms with E-state index in [1.165, 1.54) is 110 Å². The molecule has 0 radical (unpaired) electrons. The molecule has 73 heavy (non-hydrogen) atoms. The van der Waals surface area contributed by atoms with Crippen molar-refractivity contribution in [3.8, 4) is 45.1 Å². The van der Waals surface area contributed by atoms with E-state index in [9.17, 15) is 0 Å². The molecule has 0 saturated carbocycles. The molecule has 0 spiro atoms. The van der Waals surface area contributed by atoms with Gasteiger partial charge in [0.2, 0.25) is 0 Å². The average Bonchev–Trinajstić information content (AvgIpc) is 4.25. The Bertz CT molecular complexity index is 4800. The second kappa shape index (κ2) is 14.6. The zero-order chi connectivity index (χ0) is 47.5. The zero-order valence-electron chi connectivity index (χ0n) is 39.6. The maximum absolute atomic E-state index is 6.36. The summed E-state index contributed by atoms with van der Waals surface area (Å²) in [5, 5.41) is 9.67. The Hall–Kier alpha value is -9.32. The second-order valence-corrected chi connectivity index (χ2v) is 20.3. The summed E-state index contributed by atoms with van der Waals surface area (Å²) in [5.74, 6) is 1.20. The van der Waals surface area contributed by atoms with Gasteiger partial charge in [0.05, 0.1) is 33.1 Å². The van der Waals surface area contributed by atoms with Gasteiger partial charge < -0.3 is 22.9 Å². The number of benzene rings is 10. The summed E-state index contributed by atoms with van der Waals surface area (Å²) in [4.78, 5) is 0. The molecule has 1 aliphatic heterocycles. The number of furan rings is 1. The molecule has 17 rings (SSSR count). The number of rotatable bonds is 5. The standard InChI is InChI=1S/C68H43N3O2/c1-5-13-59-49(9-1)53-34-42(20-27-61(53)70(59)47-25-31-67-57(38-47)51-11-3-7-15-65(51)72-67)44-22-29-63-55(36-44)56-37-45(23-30-64(56)69(63)46-24-19-40-17-18-41(40)33-46)43-21-28-62-54(35-43)50-10-2-6-14-60(50)71(62)48-26-32-68-58(39-48)52-12-4-8-16-66(52)73-68/h1-16,19-39,51,65H,17-18H2. The van der Waals surface area contributed by atoms with Crippen molar-refractivity contribution in [3.05, 3.63) is 241 Å². The smallest absolute Gasteiger partial charge is 0.135 e. The van der Waals surface area contributed by atoms with Crippen LogP contribution in [0.5, 0.6) is 5.75 Å². The minimum Gasteiger partial charge on any atom is -0.485 e. The molecule has 10 aromatic carbocycles. The summed E-state index contributed by atoms with van der Waals surface area (Å²) in [7, 11) is 0. The summed E-state index contributed by atoms with van der Waals surface area (Å²) >= 11 is 0. The first kappa shape index (κ1) is 39.4. The summed E-state index contributed by atoms with van der Waals surface area (Å²) in [5.41, 5.74) is 21.4. The third kappa shape index (κ3) is 5.62. The monoisotopic (exact) mass is 933 g/mol. The topological polar surface area (TPSA) is 37.2 Å². The first-order valence-electron chi connectivity index (χ1n) is 25.5. The molecule has 5 nitrogen and oxygen atoms in total. The van der Waals surface area contributed by atoms with Gasteiger partial charge in [0.25, 0.3) is 0 Å². The van der Waals surface area contributed by atoms with E-state index in [4.69, 9.17) is 9.15 Å². The molecule has 2 aliphatic carbocycles. The second-order valence-electron chi connectivity index (χ2n) is 20.3. The highest BCUT2D eigenvalue weighted by Gasteiger charge is 2.32. The summed E-state index contributed by atoms with van der Waals surface area (Å²) < 4.78 is 19.9. The van der Waals surface area contributed by atoms with Gasteiger partial charge in [-0.2, -0.15) is 0 Å². The lowest BCUT2D eigenvalue weighted by Crippen LogP contribution is -2.15. The van der Waals surface area contributed by atoms with Crippen LogP contribution in [0.25, 0.3) is 127 Å². The highest BCUT2D eigenvalue weighted by atomic mass is 16.5. The Morgan fingerprint density at radius 1 is 0.342 bits per heavy atom. The van der Waals surface area contributed by atoms with Crippen molar-refractivity contribution in [2.75, 3.05) is 0 Å². The summed E-state index contributed by atoms with van der Waals surface area (Å²) in [6, 6.07) is 74.5. The van der Waals surface area contributed by atoms with E-state index in [1.807, 2.05) is 12.1 Å². The van der Waals surface area contributed by atoms with Gasteiger partial charge in [-0.15, -0.1) is 0 Å². The summed E-state index contributed by atoms with van der Waals surface area (Å²) in [6.45, 7) is 0. The van der Waals surface area contributed by atoms with Crippen molar-refractivity contribution in [2.45, 2.75) is 24.9 Å². The number of fused-ring (bicyclic) bond motifs is 16. The number of aromatic nitrogens is 3. The minimum atomic E-state index is 0.0548. The van der Waals surface area contributed by atoms with Crippen molar-refractivity contribution < 1.29 is 9.15 Å². The van der Waals surface area contributed by atoms with Gasteiger partial charge >= 0.3 is 0 Å². The molecule has 5 heterocycles.